The van der Waals surface area contributed by atoms with Crippen molar-refractivity contribution in [3.05, 3.63) is 12.2 Å². The molecule has 1 aliphatic rings. The van der Waals surface area contributed by atoms with E-state index in [2.05, 4.69) is 6.58 Å². The van der Waals surface area contributed by atoms with Gasteiger partial charge in [0.1, 0.15) is 0 Å². The standard InChI is InChI=1S/C8H12O3/c1-6(8(9)10)7-2-4-11-5-3-7/h7H,1-5H2,(H,9,10). The fourth-order valence-corrected chi connectivity index (χ4v) is 1.22. The van der Waals surface area contributed by atoms with Gasteiger partial charge in [0, 0.05) is 18.8 Å². The molecule has 1 N–H and O–H groups in total. The van der Waals surface area contributed by atoms with Crippen molar-refractivity contribution in [3.8, 4) is 0 Å². The second-order valence-electron chi connectivity index (χ2n) is 2.72. The van der Waals surface area contributed by atoms with Gasteiger partial charge >= 0.3 is 5.97 Å². The molecule has 11 heavy (non-hydrogen) atoms. The van der Waals surface area contributed by atoms with Crippen molar-refractivity contribution in [1.82, 2.24) is 0 Å². The second kappa shape index (κ2) is 3.53. The highest BCUT2D eigenvalue weighted by molar-refractivity contribution is 5.86. The van der Waals surface area contributed by atoms with Gasteiger partial charge in [-0.2, -0.15) is 0 Å². The third kappa shape index (κ3) is 2.05. The maximum absolute atomic E-state index is 10.5. The molecule has 1 rings (SSSR count). The largest absolute Gasteiger partial charge is 0.478 e. The van der Waals surface area contributed by atoms with Crippen molar-refractivity contribution in [2.24, 2.45) is 5.92 Å². The Morgan fingerprint density at radius 2 is 2.00 bits per heavy atom. The molecule has 0 saturated carbocycles. The topological polar surface area (TPSA) is 46.5 Å². The van der Waals surface area contributed by atoms with Crippen LogP contribution in [0.5, 0.6) is 0 Å². The van der Waals surface area contributed by atoms with E-state index >= 15 is 0 Å². The van der Waals surface area contributed by atoms with Gasteiger partial charge in [0.05, 0.1) is 0 Å². The number of rotatable bonds is 2. The van der Waals surface area contributed by atoms with Crippen LogP contribution in [0.15, 0.2) is 12.2 Å². The molecule has 0 amide bonds. The Kier molecular flexibility index (Phi) is 2.65. The highest BCUT2D eigenvalue weighted by Gasteiger charge is 2.20. The number of carboxylic acid groups (broad SMARTS) is 1. The Hall–Kier alpha value is -0.830. The van der Waals surface area contributed by atoms with Crippen molar-refractivity contribution >= 4 is 5.97 Å². The minimum Gasteiger partial charge on any atom is -0.478 e. The van der Waals surface area contributed by atoms with E-state index < -0.39 is 5.97 Å². The highest BCUT2D eigenvalue weighted by Crippen LogP contribution is 2.21. The van der Waals surface area contributed by atoms with Crippen molar-refractivity contribution in [1.29, 1.82) is 0 Å². The smallest absolute Gasteiger partial charge is 0.331 e. The molecule has 1 aliphatic heterocycles. The number of carbonyl (C=O) groups is 1. The molecule has 0 radical (unpaired) electrons. The SMILES string of the molecule is C=C(C(=O)O)C1CCOCC1. The van der Waals surface area contributed by atoms with Crippen molar-refractivity contribution in [2.45, 2.75) is 12.8 Å². The van der Waals surface area contributed by atoms with E-state index in [4.69, 9.17) is 9.84 Å². The van der Waals surface area contributed by atoms with Crippen LogP contribution < -0.4 is 0 Å². The molecule has 0 spiro atoms. The van der Waals surface area contributed by atoms with Crippen LogP contribution in [0.25, 0.3) is 0 Å². The van der Waals surface area contributed by atoms with Gasteiger partial charge in [0.15, 0.2) is 0 Å². The van der Waals surface area contributed by atoms with E-state index in [0.29, 0.717) is 18.8 Å². The van der Waals surface area contributed by atoms with Crippen LogP contribution in [-0.2, 0) is 9.53 Å². The first-order valence-electron chi connectivity index (χ1n) is 3.71. The third-order valence-corrected chi connectivity index (χ3v) is 1.99. The van der Waals surface area contributed by atoms with E-state index in [9.17, 15) is 4.79 Å². The Bertz CT molecular complexity index is 168. The summed E-state index contributed by atoms with van der Waals surface area (Å²) in [5.41, 5.74) is 0.327. The van der Waals surface area contributed by atoms with Gasteiger partial charge in [-0.1, -0.05) is 6.58 Å². The molecule has 0 aromatic heterocycles. The summed E-state index contributed by atoms with van der Waals surface area (Å²) in [4.78, 5) is 10.5. The van der Waals surface area contributed by atoms with Crippen LogP contribution >= 0.6 is 0 Å². The fraction of sp³-hybridized carbons (Fsp3) is 0.625. The number of ether oxygens (including phenoxy) is 1. The summed E-state index contributed by atoms with van der Waals surface area (Å²) >= 11 is 0. The van der Waals surface area contributed by atoms with Gasteiger partial charge in [-0.15, -0.1) is 0 Å². The lowest BCUT2D eigenvalue weighted by Gasteiger charge is -2.21. The molecule has 1 saturated heterocycles. The van der Waals surface area contributed by atoms with Gasteiger partial charge in [-0.3, -0.25) is 0 Å². The quantitative estimate of drug-likeness (QED) is 0.608. The number of hydrogen-bond acceptors (Lipinski definition) is 2. The zero-order valence-corrected chi connectivity index (χ0v) is 6.38. The molecule has 3 heteroatoms. The second-order valence-corrected chi connectivity index (χ2v) is 2.72. The van der Waals surface area contributed by atoms with Crippen molar-refractivity contribution < 1.29 is 14.6 Å². The molecule has 0 aromatic rings. The van der Waals surface area contributed by atoms with Crippen LogP contribution in [0.4, 0.5) is 0 Å². The monoisotopic (exact) mass is 156 g/mol. The van der Waals surface area contributed by atoms with Crippen molar-refractivity contribution in [3.63, 3.8) is 0 Å². The molecule has 62 valence electrons. The van der Waals surface area contributed by atoms with Gasteiger partial charge in [0.25, 0.3) is 0 Å². The van der Waals surface area contributed by atoms with Gasteiger partial charge in [0.2, 0.25) is 0 Å². The fourth-order valence-electron chi connectivity index (χ4n) is 1.22. The molecule has 0 unspecified atom stereocenters. The normalized spacial score (nSPS) is 19.6. The zero-order valence-electron chi connectivity index (χ0n) is 6.38. The molecule has 1 fully saturated rings. The Morgan fingerprint density at radius 3 is 2.45 bits per heavy atom. The van der Waals surface area contributed by atoms with E-state index in [0.717, 1.165) is 12.8 Å². The van der Waals surface area contributed by atoms with Crippen LogP contribution in [0.1, 0.15) is 12.8 Å². The summed E-state index contributed by atoms with van der Waals surface area (Å²) in [7, 11) is 0. The summed E-state index contributed by atoms with van der Waals surface area (Å²) in [6.07, 6.45) is 1.59. The number of hydrogen-bond donors (Lipinski definition) is 1. The summed E-state index contributed by atoms with van der Waals surface area (Å²) in [6, 6.07) is 0. The maximum Gasteiger partial charge on any atom is 0.331 e. The average Bonchev–Trinajstić information content (AvgIpc) is 2.05. The van der Waals surface area contributed by atoms with Crippen LogP contribution in [0.2, 0.25) is 0 Å². The maximum atomic E-state index is 10.5. The molecule has 1 heterocycles. The summed E-state index contributed by atoms with van der Waals surface area (Å²) < 4.78 is 5.10. The molecule has 0 atom stereocenters. The number of aliphatic carboxylic acids is 1. The Morgan fingerprint density at radius 1 is 1.45 bits per heavy atom. The molecule has 0 aliphatic carbocycles. The third-order valence-electron chi connectivity index (χ3n) is 1.99. The van der Waals surface area contributed by atoms with E-state index in [1.807, 2.05) is 0 Å². The number of carboxylic acids is 1. The lowest BCUT2D eigenvalue weighted by molar-refractivity contribution is -0.133. The Labute approximate surface area is 65.7 Å². The van der Waals surface area contributed by atoms with Gasteiger partial charge < -0.3 is 9.84 Å². The van der Waals surface area contributed by atoms with Crippen molar-refractivity contribution in [2.75, 3.05) is 13.2 Å². The average molecular weight is 156 g/mol. The van der Waals surface area contributed by atoms with E-state index in [1.54, 1.807) is 0 Å². The van der Waals surface area contributed by atoms with Crippen LogP contribution in [0, 0.1) is 5.92 Å². The minimum absolute atomic E-state index is 0.126. The lowest BCUT2D eigenvalue weighted by atomic mass is 9.93. The molecular weight excluding hydrogens is 144 g/mol. The summed E-state index contributed by atoms with van der Waals surface area (Å²) in [5.74, 6) is -0.752. The predicted molar refractivity (Wildman–Crippen MR) is 40.3 cm³/mol. The van der Waals surface area contributed by atoms with E-state index in [1.165, 1.54) is 0 Å². The summed E-state index contributed by atoms with van der Waals surface area (Å²) in [5, 5.41) is 8.59. The first kappa shape index (κ1) is 8.27. The zero-order chi connectivity index (χ0) is 8.27. The Balaban J connectivity index is 2.45. The first-order valence-corrected chi connectivity index (χ1v) is 3.71. The first-order chi connectivity index (χ1) is 5.22. The van der Waals surface area contributed by atoms with Crippen LogP contribution in [-0.4, -0.2) is 24.3 Å². The molecule has 0 bridgehead atoms. The predicted octanol–water partition coefficient (Wildman–Crippen LogP) is 1.05. The lowest BCUT2D eigenvalue weighted by Crippen LogP contribution is -2.20. The van der Waals surface area contributed by atoms with Crippen LogP contribution in [0.3, 0.4) is 0 Å². The highest BCUT2D eigenvalue weighted by atomic mass is 16.5. The van der Waals surface area contributed by atoms with Gasteiger partial charge in [-0.25, -0.2) is 4.79 Å². The summed E-state index contributed by atoms with van der Waals surface area (Å²) in [6.45, 7) is 4.85. The van der Waals surface area contributed by atoms with Gasteiger partial charge in [-0.05, 0) is 18.8 Å². The molecular formula is C8H12O3. The molecule has 0 aromatic carbocycles. The molecule has 3 nitrogen and oxygen atoms in total. The van der Waals surface area contributed by atoms with E-state index in [-0.39, 0.29) is 5.92 Å². The minimum atomic E-state index is -0.878.